The molecule has 2 fully saturated rings. The second-order valence-electron chi connectivity index (χ2n) is 7.35. The van der Waals surface area contributed by atoms with Gasteiger partial charge in [-0.2, -0.15) is 0 Å². The normalized spacial score (nSPS) is 26.9. The van der Waals surface area contributed by atoms with Gasteiger partial charge in [-0.25, -0.2) is 0 Å². The van der Waals surface area contributed by atoms with E-state index in [9.17, 15) is 19.7 Å². The Labute approximate surface area is 162 Å². The molecule has 27 heavy (non-hydrogen) atoms. The van der Waals surface area contributed by atoms with Crippen LogP contribution in [-0.2, 0) is 4.79 Å². The summed E-state index contributed by atoms with van der Waals surface area (Å²) in [5.74, 6) is -0.308. The minimum absolute atomic E-state index is 0.0297. The van der Waals surface area contributed by atoms with Gasteiger partial charge in [-0.05, 0) is 43.6 Å². The predicted octanol–water partition coefficient (Wildman–Crippen LogP) is 2.00. The SMILES string of the molecule is NC1CC2CCCC(C1)C2NC(=O)CNC(=O)c1c(Cl)cccc1[N+](=O)[O-]. The first-order valence-electron chi connectivity index (χ1n) is 9.13. The van der Waals surface area contributed by atoms with Crippen LogP contribution < -0.4 is 16.4 Å². The number of nitrogens with two attached hydrogens (primary N) is 1. The first kappa shape index (κ1) is 19.6. The Hall–Kier alpha value is -2.19. The first-order chi connectivity index (χ1) is 12.9. The van der Waals surface area contributed by atoms with Gasteiger partial charge in [-0.15, -0.1) is 0 Å². The molecule has 2 saturated carbocycles. The fraction of sp³-hybridized carbons (Fsp3) is 0.556. The van der Waals surface area contributed by atoms with Crippen LogP contribution in [0, 0.1) is 22.0 Å². The third kappa shape index (κ3) is 4.39. The predicted molar refractivity (Wildman–Crippen MR) is 100 cm³/mol. The fourth-order valence-corrected chi connectivity index (χ4v) is 4.66. The standard InChI is InChI=1S/C18H23ClN4O4/c19-13-5-2-6-14(23(26)27)16(13)18(25)21-9-15(24)22-17-10-3-1-4-11(17)8-12(20)7-10/h2,5-6,10-12,17H,1,3-4,7-9,20H2,(H,21,25)(H,22,24). The Morgan fingerprint density at radius 3 is 2.56 bits per heavy atom. The number of hydrogen-bond acceptors (Lipinski definition) is 5. The van der Waals surface area contributed by atoms with Crippen LogP contribution in [0.2, 0.25) is 5.02 Å². The molecule has 2 amide bonds. The molecular formula is C18H23ClN4O4. The maximum atomic E-state index is 12.3. The molecule has 8 nitrogen and oxygen atoms in total. The van der Waals surface area contributed by atoms with Crippen LogP contribution in [0.5, 0.6) is 0 Å². The minimum atomic E-state index is -0.742. The van der Waals surface area contributed by atoms with E-state index in [2.05, 4.69) is 10.6 Å². The van der Waals surface area contributed by atoms with Crippen LogP contribution >= 0.6 is 11.6 Å². The van der Waals surface area contributed by atoms with Crippen molar-refractivity contribution in [3.05, 3.63) is 38.9 Å². The van der Waals surface area contributed by atoms with Crippen LogP contribution in [0.4, 0.5) is 5.69 Å². The number of fused-ring (bicyclic) bond motifs is 2. The molecule has 2 aliphatic carbocycles. The molecule has 0 spiro atoms. The summed E-state index contributed by atoms with van der Waals surface area (Å²) in [5.41, 5.74) is 5.47. The first-order valence-corrected chi connectivity index (χ1v) is 9.50. The van der Waals surface area contributed by atoms with Gasteiger partial charge in [0.15, 0.2) is 0 Å². The van der Waals surface area contributed by atoms with Crippen LogP contribution in [-0.4, -0.2) is 35.4 Å². The van der Waals surface area contributed by atoms with Crippen molar-refractivity contribution in [3.8, 4) is 0 Å². The van der Waals surface area contributed by atoms with Crippen molar-refractivity contribution in [3.63, 3.8) is 0 Å². The van der Waals surface area contributed by atoms with Gasteiger partial charge in [0.05, 0.1) is 16.5 Å². The molecule has 2 bridgehead atoms. The number of nitro groups is 1. The maximum Gasteiger partial charge on any atom is 0.283 e. The van der Waals surface area contributed by atoms with Crippen molar-refractivity contribution in [2.75, 3.05) is 6.54 Å². The van der Waals surface area contributed by atoms with Gasteiger partial charge in [0.1, 0.15) is 5.56 Å². The van der Waals surface area contributed by atoms with Gasteiger partial charge in [-0.3, -0.25) is 19.7 Å². The quantitative estimate of drug-likeness (QED) is 0.519. The number of rotatable bonds is 5. The molecule has 2 unspecified atom stereocenters. The van der Waals surface area contributed by atoms with Crippen molar-refractivity contribution in [1.82, 2.24) is 10.6 Å². The number of halogens is 1. The van der Waals surface area contributed by atoms with E-state index in [0.717, 1.165) is 32.1 Å². The van der Waals surface area contributed by atoms with Crippen LogP contribution in [0.1, 0.15) is 42.5 Å². The van der Waals surface area contributed by atoms with Crippen molar-refractivity contribution in [2.24, 2.45) is 17.6 Å². The maximum absolute atomic E-state index is 12.3. The number of nitrogens with one attached hydrogen (secondary N) is 2. The molecule has 2 atom stereocenters. The van der Waals surface area contributed by atoms with Gasteiger partial charge in [0.2, 0.25) is 5.91 Å². The van der Waals surface area contributed by atoms with Gasteiger partial charge < -0.3 is 16.4 Å². The zero-order valence-electron chi connectivity index (χ0n) is 14.8. The van der Waals surface area contributed by atoms with Crippen LogP contribution in [0.25, 0.3) is 0 Å². The Kier molecular flexibility index (Phi) is 5.96. The third-order valence-electron chi connectivity index (χ3n) is 5.53. The van der Waals surface area contributed by atoms with E-state index in [1.54, 1.807) is 0 Å². The fourth-order valence-electron chi connectivity index (χ4n) is 4.40. The van der Waals surface area contributed by atoms with Gasteiger partial charge in [-0.1, -0.05) is 24.1 Å². The van der Waals surface area contributed by atoms with Gasteiger partial charge >= 0.3 is 0 Å². The van der Waals surface area contributed by atoms with Crippen LogP contribution in [0.15, 0.2) is 18.2 Å². The summed E-state index contributed by atoms with van der Waals surface area (Å²) in [5, 5.41) is 16.5. The number of carbonyl (C=O) groups excluding carboxylic acids is 2. The molecule has 9 heteroatoms. The zero-order chi connectivity index (χ0) is 19.6. The van der Waals surface area contributed by atoms with Crippen molar-refractivity contribution >= 4 is 29.1 Å². The Balaban J connectivity index is 1.60. The summed E-state index contributed by atoms with van der Waals surface area (Å²) in [4.78, 5) is 35.1. The molecule has 0 saturated heterocycles. The van der Waals surface area contributed by atoms with E-state index in [4.69, 9.17) is 17.3 Å². The van der Waals surface area contributed by atoms with Crippen molar-refractivity contribution < 1.29 is 14.5 Å². The molecule has 1 aromatic rings. The summed E-state index contributed by atoms with van der Waals surface area (Å²) in [6.45, 7) is -0.261. The van der Waals surface area contributed by atoms with Gasteiger partial charge in [0, 0.05) is 18.2 Å². The smallest absolute Gasteiger partial charge is 0.283 e. The lowest BCUT2D eigenvalue weighted by molar-refractivity contribution is -0.385. The van der Waals surface area contributed by atoms with Crippen LogP contribution in [0.3, 0.4) is 0 Å². The largest absolute Gasteiger partial charge is 0.351 e. The Bertz CT molecular complexity index is 743. The lowest BCUT2D eigenvalue weighted by atomic mass is 9.67. The van der Waals surface area contributed by atoms with Crippen molar-refractivity contribution in [1.29, 1.82) is 0 Å². The molecule has 0 radical (unpaired) electrons. The van der Waals surface area contributed by atoms with Crippen molar-refractivity contribution in [2.45, 2.75) is 44.2 Å². The Morgan fingerprint density at radius 1 is 1.26 bits per heavy atom. The molecule has 1 aromatic carbocycles. The average molecular weight is 395 g/mol. The van der Waals surface area contributed by atoms with Gasteiger partial charge in [0.25, 0.3) is 11.6 Å². The molecular weight excluding hydrogens is 372 g/mol. The number of carbonyl (C=O) groups is 2. The average Bonchev–Trinajstić information content (AvgIpc) is 2.60. The monoisotopic (exact) mass is 394 g/mol. The number of amides is 2. The molecule has 146 valence electrons. The third-order valence-corrected chi connectivity index (χ3v) is 5.84. The van der Waals surface area contributed by atoms with E-state index in [0.29, 0.717) is 11.8 Å². The van der Waals surface area contributed by atoms with E-state index >= 15 is 0 Å². The molecule has 3 rings (SSSR count). The topological polar surface area (TPSA) is 127 Å². The molecule has 0 aliphatic heterocycles. The summed E-state index contributed by atoms with van der Waals surface area (Å²) in [7, 11) is 0. The lowest BCUT2D eigenvalue weighted by Gasteiger charge is -2.45. The highest BCUT2D eigenvalue weighted by Crippen LogP contribution is 2.39. The number of nitro benzene ring substituents is 1. The highest BCUT2D eigenvalue weighted by molar-refractivity contribution is 6.34. The number of nitrogens with zero attached hydrogens (tertiary/aromatic N) is 1. The summed E-state index contributed by atoms with van der Waals surface area (Å²) >= 11 is 5.94. The van der Waals surface area contributed by atoms with E-state index in [1.807, 2.05) is 0 Å². The lowest BCUT2D eigenvalue weighted by Crippen LogP contribution is -2.55. The highest BCUT2D eigenvalue weighted by atomic mass is 35.5. The summed E-state index contributed by atoms with van der Waals surface area (Å²) < 4.78 is 0. The second kappa shape index (κ2) is 8.22. The summed E-state index contributed by atoms with van der Waals surface area (Å²) in [6, 6.07) is 4.27. The summed E-state index contributed by atoms with van der Waals surface area (Å²) in [6.07, 6.45) is 5.06. The van der Waals surface area contributed by atoms with E-state index in [-0.39, 0.29) is 35.1 Å². The van der Waals surface area contributed by atoms with E-state index in [1.165, 1.54) is 18.2 Å². The Morgan fingerprint density at radius 2 is 1.93 bits per heavy atom. The molecule has 0 aromatic heterocycles. The zero-order valence-corrected chi connectivity index (χ0v) is 15.6. The highest BCUT2D eigenvalue weighted by Gasteiger charge is 2.39. The molecule has 0 heterocycles. The number of hydrogen-bond donors (Lipinski definition) is 3. The molecule has 4 N–H and O–H groups in total. The van der Waals surface area contributed by atoms with E-state index < -0.39 is 16.5 Å². The second-order valence-corrected chi connectivity index (χ2v) is 7.76. The molecule has 2 aliphatic rings. The minimum Gasteiger partial charge on any atom is -0.351 e. The number of benzene rings is 1.